The maximum absolute atomic E-state index is 13.9. The molecule has 0 unspecified atom stereocenters. The van der Waals surface area contributed by atoms with E-state index in [9.17, 15) is 17.6 Å². The number of benzene rings is 1. The van der Waals surface area contributed by atoms with E-state index in [1.807, 2.05) is 11.0 Å². The third kappa shape index (κ3) is 7.98. The van der Waals surface area contributed by atoms with Crippen molar-refractivity contribution in [3.8, 4) is 0 Å². The fourth-order valence-electron chi connectivity index (χ4n) is 3.13. The highest BCUT2D eigenvalue weighted by atomic mass is 127. The summed E-state index contributed by atoms with van der Waals surface area (Å²) in [5.41, 5.74) is 0.604. The van der Waals surface area contributed by atoms with E-state index < -0.39 is 12.7 Å². The maximum Gasteiger partial charge on any atom is 0.401 e. The third-order valence-corrected chi connectivity index (χ3v) is 4.43. The van der Waals surface area contributed by atoms with E-state index in [0.29, 0.717) is 51.4 Å². The van der Waals surface area contributed by atoms with Crippen LogP contribution >= 0.6 is 24.0 Å². The molecule has 160 valence electrons. The highest BCUT2D eigenvalue weighted by Gasteiger charge is 2.28. The summed E-state index contributed by atoms with van der Waals surface area (Å²) in [6.07, 6.45) is -3.59. The molecule has 0 spiro atoms. The molecular weight excluding hydrogens is 489 g/mol. The summed E-state index contributed by atoms with van der Waals surface area (Å²) in [6, 6.07) is 6.72. The minimum Gasteiger partial charge on any atom is -0.366 e. The molecule has 1 fully saturated rings. The first-order valence-electron chi connectivity index (χ1n) is 9.00. The van der Waals surface area contributed by atoms with Gasteiger partial charge in [0.05, 0.1) is 12.2 Å². The molecule has 0 amide bonds. The molecule has 1 aliphatic heterocycles. The average Bonchev–Trinajstić information content (AvgIpc) is 2.61. The van der Waals surface area contributed by atoms with Crippen molar-refractivity contribution in [3.05, 3.63) is 30.1 Å². The summed E-state index contributed by atoms with van der Waals surface area (Å²) in [6.45, 7) is 2.74. The highest BCUT2D eigenvalue weighted by Crippen LogP contribution is 2.20. The monoisotopic (exact) mass is 517 g/mol. The van der Waals surface area contributed by atoms with Gasteiger partial charge in [-0.3, -0.25) is 9.89 Å². The van der Waals surface area contributed by atoms with Crippen LogP contribution in [0.15, 0.2) is 29.3 Å². The zero-order chi connectivity index (χ0) is 19.9. The van der Waals surface area contributed by atoms with Gasteiger partial charge in [-0.15, -0.1) is 24.0 Å². The largest absolute Gasteiger partial charge is 0.401 e. The molecule has 0 atom stereocenters. The van der Waals surface area contributed by atoms with Crippen molar-refractivity contribution >= 4 is 35.6 Å². The Labute approximate surface area is 180 Å². The Kier molecular flexibility index (Phi) is 10.3. The van der Waals surface area contributed by atoms with Gasteiger partial charge >= 0.3 is 6.18 Å². The van der Waals surface area contributed by atoms with Gasteiger partial charge < -0.3 is 15.1 Å². The van der Waals surface area contributed by atoms with Gasteiger partial charge in [-0.25, -0.2) is 4.39 Å². The molecule has 0 saturated carbocycles. The van der Waals surface area contributed by atoms with Crippen LogP contribution in [0.25, 0.3) is 0 Å². The number of rotatable bonds is 6. The first-order valence-corrected chi connectivity index (χ1v) is 9.00. The van der Waals surface area contributed by atoms with Crippen LogP contribution in [0.1, 0.15) is 6.42 Å². The lowest BCUT2D eigenvalue weighted by Crippen LogP contribution is -2.53. The van der Waals surface area contributed by atoms with Gasteiger partial charge in [0, 0.05) is 39.8 Å². The molecule has 1 saturated heterocycles. The first-order chi connectivity index (χ1) is 12.8. The van der Waals surface area contributed by atoms with Gasteiger partial charge in [0.1, 0.15) is 5.82 Å². The summed E-state index contributed by atoms with van der Waals surface area (Å²) in [7, 11) is 3.14. The molecule has 1 aliphatic rings. The molecule has 5 nitrogen and oxygen atoms in total. The SMILES string of the molecule is CN=C(NCCCN(C)CC(F)(F)F)N1CCN(c2ccccc2F)CC1.I. The van der Waals surface area contributed by atoms with Crippen LogP contribution in [-0.4, -0.2) is 81.8 Å². The lowest BCUT2D eigenvalue weighted by molar-refractivity contribution is -0.143. The number of nitrogens with one attached hydrogen (secondary N) is 1. The van der Waals surface area contributed by atoms with Crippen molar-refractivity contribution in [2.75, 3.05) is 64.8 Å². The molecule has 28 heavy (non-hydrogen) atoms. The number of hydrogen-bond donors (Lipinski definition) is 1. The van der Waals surface area contributed by atoms with Gasteiger partial charge in [-0.1, -0.05) is 12.1 Å². The van der Waals surface area contributed by atoms with Crippen LogP contribution < -0.4 is 10.2 Å². The number of alkyl halides is 3. The van der Waals surface area contributed by atoms with Gasteiger partial charge in [0.2, 0.25) is 0 Å². The second kappa shape index (κ2) is 11.6. The van der Waals surface area contributed by atoms with Gasteiger partial charge in [0.15, 0.2) is 5.96 Å². The molecule has 1 aromatic rings. The predicted molar refractivity (Wildman–Crippen MR) is 115 cm³/mol. The second-order valence-corrected chi connectivity index (χ2v) is 6.61. The zero-order valence-electron chi connectivity index (χ0n) is 16.2. The Hall–Kier alpha value is -1.30. The Morgan fingerprint density at radius 2 is 1.82 bits per heavy atom. The van der Waals surface area contributed by atoms with Crippen LogP contribution in [0.5, 0.6) is 0 Å². The number of guanidine groups is 1. The van der Waals surface area contributed by atoms with Crippen LogP contribution in [0.4, 0.5) is 23.2 Å². The fraction of sp³-hybridized carbons (Fsp3) is 0.611. The van der Waals surface area contributed by atoms with Crippen LogP contribution in [0.3, 0.4) is 0 Å². The summed E-state index contributed by atoms with van der Waals surface area (Å²) in [4.78, 5) is 9.60. The van der Waals surface area contributed by atoms with Gasteiger partial charge in [-0.2, -0.15) is 13.2 Å². The second-order valence-electron chi connectivity index (χ2n) is 6.61. The van der Waals surface area contributed by atoms with Crippen LogP contribution in [0.2, 0.25) is 0 Å². The summed E-state index contributed by atoms with van der Waals surface area (Å²) < 4.78 is 50.8. The Morgan fingerprint density at radius 3 is 2.39 bits per heavy atom. The molecule has 0 aliphatic carbocycles. The highest BCUT2D eigenvalue weighted by molar-refractivity contribution is 14.0. The lowest BCUT2D eigenvalue weighted by Gasteiger charge is -2.37. The first kappa shape index (κ1) is 24.7. The molecule has 2 rings (SSSR count). The predicted octanol–water partition coefficient (Wildman–Crippen LogP) is 3.03. The molecule has 1 aromatic carbocycles. The minimum absolute atomic E-state index is 0. The van der Waals surface area contributed by atoms with Crippen molar-refractivity contribution < 1.29 is 17.6 Å². The van der Waals surface area contributed by atoms with Crippen molar-refractivity contribution in [1.29, 1.82) is 0 Å². The number of anilines is 1. The van der Waals surface area contributed by atoms with E-state index in [0.717, 1.165) is 5.96 Å². The summed E-state index contributed by atoms with van der Waals surface area (Å²) in [5.74, 6) is 0.498. The van der Waals surface area contributed by atoms with E-state index >= 15 is 0 Å². The molecule has 10 heteroatoms. The molecule has 0 bridgehead atoms. The molecule has 0 radical (unpaired) electrons. The number of aliphatic imine (C=N–C) groups is 1. The summed E-state index contributed by atoms with van der Waals surface area (Å²) in [5, 5.41) is 3.20. The Balaban J connectivity index is 0.00000392. The van der Waals surface area contributed by atoms with E-state index in [2.05, 4.69) is 15.2 Å². The van der Waals surface area contributed by atoms with E-state index in [4.69, 9.17) is 0 Å². The standard InChI is InChI=1S/C18H27F4N5.HI/c1-23-17(24-8-5-9-25(2)14-18(20,21)22)27-12-10-26(11-13-27)16-7-4-3-6-15(16)19;/h3-4,6-7H,5,8-14H2,1-2H3,(H,23,24);1H. The fourth-order valence-corrected chi connectivity index (χ4v) is 3.13. The Morgan fingerprint density at radius 1 is 1.18 bits per heavy atom. The number of para-hydroxylation sites is 1. The van der Waals surface area contributed by atoms with E-state index in [-0.39, 0.29) is 29.8 Å². The van der Waals surface area contributed by atoms with Crippen molar-refractivity contribution in [2.24, 2.45) is 4.99 Å². The minimum atomic E-state index is -4.17. The topological polar surface area (TPSA) is 34.1 Å². The van der Waals surface area contributed by atoms with Crippen LogP contribution in [-0.2, 0) is 0 Å². The van der Waals surface area contributed by atoms with Crippen LogP contribution in [0, 0.1) is 5.82 Å². The number of nitrogens with zero attached hydrogens (tertiary/aromatic N) is 4. The van der Waals surface area contributed by atoms with Gasteiger partial charge in [-0.05, 0) is 32.1 Å². The average molecular weight is 517 g/mol. The van der Waals surface area contributed by atoms with Crippen molar-refractivity contribution in [3.63, 3.8) is 0 Å². The molecule has 0 aromatic heterocycles. The number of piperazine rings is 1. The smallest absolute Gasteiger partial charge is 0.366 e. The molecule has 1 heterocycles. The lowest BCUT2D eigenvalue weighted by atomic mass is 10.2. The van der Waals surface area contributed by atoms with Crippen molar-refractivity contribution in [1.82, 2.24) is 15.1 Å². The number of hydrogen-bond acceptors (Lipinski definition) is 3. The van der Waals surface area contributed by atoms with Gasteiger partial charge in [0.25, 0.3) is 0 Å². The number of halogens is 5. The Bertz CT molecular complexity index is 618. The molecular formula is C18H28F4IN5. The van der Waals surface area contributed by atoms with E-state index in [1.54, 1.807) is 19.2 Å². The maximum atomic E-state index is 13.9. The third-order valence-electron chi connectivity index (χ3n) is 4.43. The molecule has 1 N–H and O–H groups in total. The normalized spacial score (nSPS) is 15.6. The van der Waals surface area contributed by atoms with Crippen molar-refractivity contribution in [2.45, 2.75) is 12.6 Å². The summed E-state index contributed by atoms with van der Waals surface area (Å²) >= 11 is 0. The quantitative estimate of drug-likeness (QED) is 0.207. The van der Waals surface area contributed by atoms with E-state index in [1.165, 1.54) is 18.0 Å². The zero-order valence-corrected chi connectivity index (χ0v) is 18.5.